The molecule has 8 heteroatoms. The van der Waals surface area contributed by atoms with E-state index in [1.165, 1.54) is 5.56 Å². The van der Waals surface area contributed by atoms with Gasteiger partial charge in [-0.2, -0.15) is 0 Å². The molecule has 0 unspecified atom stereocenters. The maximum absolute atomic E-state index is 13.0. The summed E-state index contributed by atoms with van der Waals surface area (Å²) in [5, 5.41) is 6.33. The number of aryl methyl sites for hydroxylation is 2. The molecule has 2 aromatic heterocycles. The van der Waals surface area contributed by atoms with Crippen LogP contribution in [0.15, 0.2) is 73.2 Å². The largest absolute Gasteiger partial charge is 0.324 e. The lowest BCUT2D eigenvalue weighted by Gasteiger charge is -2.32. The maximum Gasteiger partial charge on any atom is 0.255 e. The number of nitrogens with zero attached hydrogens (tertiary/aromatic N) is 5. The highest BCUT2D eigenvalue weighted by Gasteiger charge is 2.15. The number of pyridine rings is 1. The Labute approximate surface area is 223 Å². The normalized spacial score (nSPS) is 14.3. The van der Waals surface area contributed by atoms with Gasteiger partial charge in [0, 0.05) is 73.8 Å². The van der Waals surface area contributed by atoms with E-state index in [0.29, 0.717) is 11.5 Å². The van der Waals surface area contributed by atoms with Gasteiger partial charge in [0.2, 0.25) is 5.95 Å². The molecule has 1 fully saturated rings. The van der Waals surface area contributed by atoms with Crippen LogP contribution in [-0.2, 0) is 6.54 Å². The quantitative estimate of drug-likeness (QED) is 0.368. The minimum absolute atomic E-state index is 0.137. The molecule has 1 aliphatic rings. The molecular weight excluding hydrogens is 474 g/mol. The van der Waals surface area contributed by atoms with Gasteiger partial charge >= 0.3 is 0 Å². The van der Waals surface area contributed by atoms with Gasteiger partial charge in [0.25, 0.3) is 5.91 Å². The average Bonchev–Trinajstić information content (AvgIpc) is 2.94. The topological polar surface area (TPSA) is 86.3 Å². The summed E-state index contributed by atoms with van der Waals surface area (Å²) in [5.74, 6) is 0.348. The first kappa shape index (κ1) is 25.5. The molecule has 2 N–H and O–H groups in total. The number of carbonyl (C=O) groups excluding carboxylic acids is 1. The number of amides is 1. The van der Waals surface area contributed by atoms with Crippen molar-refractivity contribution in [2.24, 2.45) is 0 Å². The monoisotopic (exact) mass is 507 g/mol. The standard InChI is InChI=1S/C30H33N7O/c1-21-6-7-23(20-37-15-13-36(3)14-16-37)17-27(21)34-29(38)24-8-10-26(11-9-24)33-30-32-18-22(2)28(35-30)25-5-4-12-31-19-25/h4-12,17-19H,13-16,20H2,1-3H3,(H,34,38)(H,32,33,35). The first-order chi connectivity index (χ1) is 18.4. The highest BCUT2D eigenvalue weighted by Crippen LogP contribution is 2.23. The third-order valence-corrected chi connectivity index (χ3v) is 6.86. The number of hydrogen-bond donors (Lipinski definition) is 2. The van der Waals surface area contributed by atoms with Crippen LogP contribution in [-0.4, -0.2) is 63.9 Å². The summed E-state index contributed by atoms with van der Waals surface area (Å²) < 4.78 is 0. The van der Waals surface area contributed by atoms with Crippen LogP contribution in [0.3, 0.4) is 0 Å². The Hall–Kier alpha value is -4.14. The van der Waals surface area contributed by atoms with Gasteiger partial charge in [-0.1, -0.05) is 12.1 Å². The Bertz CT molecular complexity index is 1400. The Kier molecular flexibility index (Phi) is 7.72. The van der Waals surface area contributed by atoms with Gasteiger partial charge in [-0.3, -0.25) is 14.7 Å². The SMILES string of the molecule is Cc1ccc(CN2CCN(C)CC2)cc1NC(=O)c1ccc(Nc2ncc(C)c(-c3cccnc3)n2)cc1. The number of aromatic nitrogens is 3. The first-order valence-electron chi connectivity index (χ1n) is 12.9. The fourth-order valence-electron chi connectivity index (χ4n) is 4.49. The molecule has 194 valence electrons. The predicted molar refractivity (Wildman–Crippen MR) is 152 cm³/mol. The summed E-state index contributed by atoms with van der Waals surface area (Å²) in [5.41, 5.74) is 7.21. The van der Waals surface area contributed by atoms with Crippen LogP contribution in [0, 0.1) is 13.8 Å². The third kappa shape index (κ3) is 6.22. The van der Waals surface area contributed by atoms with Gasteiger partial charge in [0.1, 0.15) is 0 Å². The van der Waals surface area contributed by atoms with Crippen LogP contribution in [0.5, 0.6) is 0 Å². The molecule has 3 heterocycles. The zero-order valence-corrected chi connectivity index (χ0v) is 22.1. The van der Waals surface area contributed by atoms with Gasteiger partial charge < -0.3 is 15.5 Å². The van der Waals surface area contributed by atoms with Gasteiger partial charge in [0.15, 0.2) is 0 Å². The number of hydrogen-bond acceptors (Lipinski definition) is 7. The van der Waals surface area contributed by atoms with Crippen LogP contribution in [0.25, 0.3) is 11.3 Å². The minimum Gasteiger partial charge on any atom is -0.324 e. The van der Waals surface area contributed by atoms with Crippen molar-refractivity contribution in [3.05, 3.63) is 95.4 Å². The predicted octanol–water partition coefficient (Wildman–Crippen LogP) is 4.90. The third-order valence-electron chi connectivity index (χ3n) is 6.86. The highest BCUT2D eigenvalue weighted by molar-refractivity contribution is 6.04. The van der Waals surface area contributed by atoms with Gasteiger partial charge in [-0.05, 0) is 80.1 Å². The van der Waals surface area contributed by atoms with Crippen molar-refractivity contribution in [1.82, 2.24) is 24.8 Å². The average molecular weight is 508 g/mol. The van der Waals surface area contributed by atoms with Crippen molar-refractivity contribution in [2.45, 2.75) is 20.4 Å². The molecule has 0 atom stereocenters. The maximum atomic E-state index is 13.0. The molecule has 1 saturated heterocycles. The van der Waals surface area contributed by atoms with E-state index in [4.69, 9.17) is 0 Å². The van der Waals surface area contributed by atoms with Crippen LogP contribution >= 0.6 is 0 Å². The Morgan fingerprint density at radius 3 is 2.47 bits per heavy atom. The van der Waals surface area contributed by atoms with Crippen molar-refractivity contribution in [1.29, 1.82) is 0 Å². The van der Waals surface area contributed by atoms with E-state index in [0.717, 1.165) is 66.5 Å². The molecule has 5 rings (SSSR count). The number of anilines is 3. The number of benzene rings is 2. The Morgan fingerprint density at radius 1 is 0.947 bits per heavy atom. The van der Waals surface area contributed by atoms with E-state index in [2.05, 4.69) is 60.6 Å². The van der Waals surface area contributed by atoms with E-state index in [1.54, 1.807) is 30.7 Å². The molecule has 0 aliphatic carbocycles. The van der Waals surface area contributed by atoms with Crippen LogP contribution in [0.2, 0.25) is 0 Å². The summed E-state index contributed by atoms with van der Waals surface area (Å²) >= 11 is 0. The lowest BCUT2D eigenvalue weighted by molar-refractivity contribution is 0.102. The molecule has 0 saturated carbocycles. The van der Waals surface area contributed by atoms with E-state index in [-0.39, 0.29) is 5.91 Å². The van der Waals surface area contributed by atoms with Crippen molar-refractivity contribution in [2.75, 3.05) is 43.9 Å². The van der Waals surface area contributed by atoms with Crippen molar-refractivity contribution >= 4 is 23.2 Å². The molecule has 0 radical (unpaired) electrons. The van der Waals surface area contributed by atoms with E-state index < -0.39 is 0 Å². The molecule has 8 nitrogen and oxygen atoms in total. The number of carbonyl (C=O) groups is 1. The van der Waals surface area contributed by atoms with E-state index in [9.17, 15) is 4.79 Å². The molecule has 2 aromatic carbocycles. The van der Waals surface area contributed by atoms with Crippen LogP contribution in [0.4, 0.5) is 17.3 Å². The summed E-state index contributed by atoms with van der Waals surface area (Å²) in [6.07, 6.45) is 5.32. The zero-order chi connectivity index (χ0) is 26.5. The number of piperazine rings is 1. The molecule has 0 spiro atoms. The molecule has 4 aromatic rings. The fourth-order valence-corrected chi connectivity index (χ4v) is 4.49. The molecular formula is C30H33N7O. The fraction of sp³-hybridized carbons (Fsp3) is 0.267. The summed E-state index contributed by atoms with van der Waals surface area (Å²) in [7, 11) is 2.16. The van der Waals surface area contributed by atoms with Crippen molar-refractivity contribution in [3.63, 3.8) is 0 Å². The van der Waals surface area contributed by atoms with Crippen LogP contribution < -0.4 is 10.6 Å². The van der Waals surface area contributed by atoms with E-state index in [1.807, 2.05) is 38.1 Å². The molecule has 1 aliphatic heterocycles. The lowest BCUT2D eigenvalue weighted by Crippen LogP contribution is -2.43. The zero-order valence-electron chi connectivity index (χ0n) is 22.1. The molecule has 1 amide bonds. The minimum atomic E-state index is -0.137. The smallest absolute Gasteiger partial charge is 0.255 e. The lowest BCUT2D eigenvalue weighted by atomic mass is 10.1. The first-order valence-corrected chi connectivity index (χ1v) is 12.9. The Balaban J connectivity index is 1.24. The van der Waals surface area contributed by atoms with Gasteiger partial charge in [-0.25, -0.2) is 9.97 Å². The highest BCUT2D eigenvalue weighted by atomic mass is 16.1. The Morgan fingerprint density at radius 2 is 1.74 bits per heavy atom. The van der Waals surface area contributed by atoms with Crippen LogP contribution in [0.1, 0.15) is 27.0 Å². The number of likely N-dealkylation sites (N-methyl/N-ethyl adjacent to an activating group) is 1. The molecule has 38 heavy (non-hydrogen) atoms. The second-order valence-corrected chi connectivity index (χ2v) is 9.85. The van der Waals surface area contributed by atoms with Gasteiger partial charge in [-0.15, -0.1) is 0 Å². The summed E-state index contributed by atoms with van der Waals surface area (Å²) in [6, 6.07) is 17.5. The number of rotatable bonds is 7. The summed E-state index contributed by atoms with van der Waals surface area (Å²) in [6.45, 7) is 9.17. The summed E-state index contributed by atoms with van der Waals surface area (Å²) in [4.78, 5) is 31.1. The molecule has 0 bridgehead atoms. The second kappa shape index (κ2) is 11.5. The van der Waals surface area contributed by atoms with Crippen molar-refractivity contribution in [3.8, 4) is 11.3 Å². The van der Waals surface area contributed by atoms with Gasteiger partial charge in [0.05, 0.1) is 5.69 Å². The van der Waals surface area contributed by atoms with E-state index >= 15 is 0 Å². The van der Waals surface area contributed by atoms with Crippen molar-refractivity contribution < 1.29 is 4.79 Å². The number of nitrogens with one attached hydrogen (secondary N) is 2. The second-order valence-electron chi connectivity index (χ2n) is 9.85.